The van der Waals surface area contributed by atoms with Crippen LogP contribution in [0.3, 0.4) is 0 Å². The lowest BCUT2D eigenvalue weighted by atomic mass is 9.90. The number of benzene rings is 2. The van der Waals surface area contributed by atoms with Gasteiger partial charge in [0.2, 0.25) is 5.91 Å². The predicted octanol–water partition coefficient (Wildman–Crippen LogP) is 5.64. The minimum atomic E-state index is -4.35. The van der Waals surface area contributed by atoms with Crippen molar-refractivity contribution in [3.63, 3.8) is 0 Å². The molecule has 0 saturated carbocycles. The van der Waals surface area contributed by atoms with Gasteiger partial charge in [-0.15, -0.1) is 0 Å². The van der Waals surface area contributed by atoms with Gasteiger partial charge in [-0.2, -0.15) is 13.2 Å². The quantitative estimate of drug-likeness (QED) is 0.394. The SMILES string of the molecule is CN(CC(F)(F)F)C1CCN(c2ccc(N3CCC[C@@H](CC(=O)Cc4ccc(Cl)cc4)C3=O)c(F)c2F)C1. The van der Waals surface area contributed by atoms with E-state index in [1.54, 1.807) is 24.3 Å². The molecule has 2 aliphatic rings. The van der Waals surface area contributed by atoms with Crippen molar-refractivity contribution in [2.45, 2.75) is 44.3 Å². The third-order valence-electron chi connectivity index (χ3n) is 7.23. The number of hydrogen-bond acceptors (Lipinski definition) is 4. The molecule has 11 heteroatoms. The molecule has 2 saturated heterocycles. The summed E-state index contributed by atoms with van der Waals surface area (Å²) in [6.45, 7) is -0.474. The first-order chi connectivity index (χ1) is 17.9. The zero-order valence-corrected chi connectivity index (χ0v) is 21.7. The van der Waals surface area contributed by atoms with Crippen molar-refractivity contribution in [1.82, 2.24) is 4.90 Å². The molecular weight excluding hydrogens is 529 g/mol. The first-order valence-corrected chi connectivity index (χ1v) is 12.9. The zero-order valence-electron chi connectivity index (χ0n) is 20.9. The third kappa shape index (κ3) is 6.64. The van der Waals surface area contributed by atoms with Crippen LogP contribution in [0.4, 0.5) is 33.3 Å². The molecule has 206 valence electrons. The van der Waals surface area contributed by atoms with Crippen LogP contribution >= 0.6 is 11.6 Å². The van der Waals surface area contributed by atoms with Gasteiger partial charge in [-0.05, 0) is 56.1 Å². The number of likely N-dealkylation sites (N-methyl/N-ethyl adjacent to an activating group) is 1. The molecule has 2 aromatic rings. The summed E-state index contributed by atoms with van der Waals surface area (Å²) in [6.07, 6.45) is -2.81. The van der Waals surface area contributed by atoms with Crippen molar-refractivity contribution >= 4 is 34.7 Å². The number of amides is 1. The van der Waals surface area contributed by atoms with Crippen LogP contribution in [0.2, 0.25) is 5.02 Å². The van der Waals surface area contributed by atoms with E-state index in [2.05, 4.69) is 0 Å². The fourth-order valence-corrected chi connectivity index (χ4v) is 5.40. The number of ketones is 1. The molecular formula is C27H29ClF5N3O2. The first-order valence-electron chi connectivity index (χ1n) is 12.5. The van der Waals surface area contributed by atoms with Crippen LogP contribution in [-0.4, -0.2) is 62.0 Å². The Balaban J connectivity index is 1.42. The van der Waals surface area contributed by atoms with Gasteiger partial charge >= 0.3 is 6.18 Å². The van der Waals surface area contributed by atoms with Gasteiger partial charge in [-0.3, -0.25) is 14.5 Å². The minimum absolute atomic E-state index is 0.000748. The Morgan fingerprint density at radius 1 is 1.03 bits per heavy atom. The Bertz CT molecular complexity index is 1170. The van der Waals surface area contributed by atoms with E-state index in [-0.39, 0.29) is 49.6 Å². The monoisotopic (exact) mass is 557 g/mol. The number of rotatable bonds is 8. The molecule has 2 atom stereocenters. The summed E-state index contributed by atoms with van der Waals surface area (Å²) < 4.78 is 68.6. The highest BCUT2D eigenvalue weighted by Gasteiger charge is 2.37. The maximum Gasteiger partial charge on any atom is 0.401 e. The molecule has 1 unspecified atom stereocenters. The van der Waals surface area contributed by atoms with Gasteiger partial charge in [0.25, 0.3) is 0 Å². The van der Waals surface area contributed by atoms with Gasteiger partial charge in [0, 0.05) is 49.5 Å². The van der Waals surface area contributed by atoms with Gasteiger partial charge in [-0.1, -0.05) is 23.7 Å². The molecule has 1 amide bonds. The predicted molar refractivity (Wildman–Crippen MR) is 136 cm³/mol. The largest absolute Gasteiger partial charge is 0.401 e. The normalized spacial score (nSPS) is 20.5. The summed E-state index contributed by atoms with van der Waals surface area (Å²) >= 11 is 5.87. The Morgan fingerprint density at radius 2 is 1.68 bits per heavy atom. The topological polar surface area (TPSA) is 43.9 Å². The highest BCUT2D eigenvalue weighted by Crippen LogP contribution is 2.35. The van der Waals surface area contributed by atoms with E-state index in [4.69, 9.17) is 11.6 Å². The molecule has 0 bridgehead atoms. The lowest BCUT2D eigenvalue weighted by Gasteiger charge is -2.33. The van der Waals surface area contributed by atoms with Crippen molar-refractivity contribution in [3.05, 3.63) is 58.6 Å². The molecule has 4 rings (SSSR count). The Morgan fingerprint density at radius 3 is 2.37 bits per heavy atom. The number of piperidine rings is 1. The highest BCUT2D eigenvalue weighted by atomic mass is 35.5. The number of carbonyl (C=O) groups excluding carboxylic acids is 2. The summed E-state index contributed by atoms with van der Waals surface area (Å²) in [5.74, 6) is -3.52. The molecule has 2 aromatic carbocycles. The average Bonchev–Trinajstić information content (AvgIpc) is 3.33. The number of halogens is 6. The van der Waals surface area contributed by atoms with Gasteiger partial charge in [0.1, 0.15) is 5.78 Å². The first kappa shape index (κ1) is 28.3. The standard InChI is InChI=1S/C27H29ClF5N3O2/c1-34(16-27(31,32)33)20-10-12-35(15-20)22-8-9-23(25(30)24(22)29)36-11-2-3-18(26(36)38)14-21(37)13-17-4-6-19(28)7-5-17/h4-9,18,20H,2-3,10-16H2,1H3/t18-,20?/m0/s1. The van der Waals surface area contributed by atoms with Gasteiger partial charge in [-0.25, -0.2) is 8.78 Å². The van der Waals surface area contributed by atoms with Crippen LogP contribution in [0, 0.1) is 17.6 Å². The lowest BCUT2D eigenvalue weighted by Crippen LogP contribution is -2.43. The summed E-state index contributed by atoms with van der Waals surface area (Å²) in [4.78, 5) is 29.6. The number of nitrogens with zero attached hydrogens (tertiary/aromatic N) is 3. The van der Waals surface area contributed by atoms with Gasteiger partial charge < -0.3 is 9.80 Å². The van der Waals surface area contributed by atoms with Crippen molar-refractivity contribution in [2.24, 2.45) is 5.92 Å². The number of Topliss-reactive ketones (excluding diaryl/α,β-unsaturated/α-hetero) is 1. The second kappa shape index (κ2) is 11.6. The van der Waals surface area contributed by atoms with Crippen molar-refractivity contribution < 1.29 is 31.5 Å². The molecule has 2 heterocycles. The minimum Gasteiger partial charge on any atom is -0.367 e. The number of carbonyl (C=O) groups is 2. The third-order valence-corrected chi connectivity index (χ3v) is 7.48. The van der Waals surface area contributed by atoms with E-state index >= 15 is 8.78 Å². The second-order valence-corrected chi connectivity index (χ2v) is 10.5. The van der Waals surface area contributed by atoms with Crippen LogP contribution in [0.25, 0.3) is 0 Å². The van der Waals surface area contributed by atoms with Crippen molar-refractivity contribution in [3.8, 4) is 0 Å². The number of anilines is 2. The van der Waals surface area contributed by atoms with Crippen molar-refractivity contribution in [2.75, 3.05) is 43.0 Å². The number of alkyl halides is 3. The molecule has 0 aromatic heterocycles. The highest BCUT2D eigenvalue weighted by molar-refractivity contribution is 6.30. The summed E-state index contributed by atoms with van der Waals surface area (Å²) in [5, 5.41) is 0.554. The molecule has 38 heavy (non-hydrogen) atoms. The second-order valence-electron chi connectivity index (χ2n) is 10.0. The molecule has 0 aliphatic carbocycles. The van der Waals surface area contributed by atoms with Crippen LogP contribution < -0.4 is 9.80 Å². The molecule has 5 nitrogen and oxygen atoms in total. The van der Waals surface area contributed by atoms with E-state index < -0.39 is 42.2 Å². The fraction of sp³-hybridized carbons (Fsp3) is 0.481. The van der Waals surface area contributed by atoms with E-state index in [9.17, 15) is 22.8 Å². The summed E-state index contributed by atoms with van der Waals surface area (Å²) in [6, 6.07) is 9.09. The van der Waals surface area contributed by atoms with E-state index in [0.29, 0.717) is 24.3 Å². The fourth-order valence-electron chi connectivity index (χ4n) is 5.27. The van der Waals surface area contributed by atoms with E-state index in [0.717, 1.165) is 5.56 Å². The van der Waals surface area contributed by atoms with Gasteiger partial charge in [0.15, 0.2) is 11.6 Å². The Hall–Kier alpha value is -2.72. The summed E-state index contributed by atoms with van der Waals surface area (Å²) in [7, 11) is 1.36. The smallest absolute Gasteiger partial charge is 0.367 e. The maximum absolute atomic E-state index is 15.2. The zero-order chi connectivity index (χ0) is 27.6. The molecule has 0 N–H and O–H groups in total. The lowest BCUT2D eigenvalue weighted by molar-refractivity contribution is -0.146. The Labute approximate surface area is 223 Å². The van der Waals surface area contributed by atoms with Crippen LogP contribution in [0.1, 0.15) is 31.2 Å². The number of hydrogen-bond donors (Lipinski definition) is 0. The Kier molecular flexibility index (Phi) is 8.62. The van der Waals surface area contributed by atoms with E-state index in [1.807, 2.05) is 0 Å². The van der Waals surface area contributed by atoms with E-state index in [1.165, 1.54) is 33.9 Å². The molecule has 0 radical (unpaired) electrons. The van der Waals surface area contributed by atoms with Crippen LogP contribution in [-0.2, 0) is 16.0 Å². The van der Waals surface area contributed by atoms with Crippen LogP contribution in [0.15, 0.2) is 36.4 Å². The van der Waals surface area contributed by atoms with Gasteiger partial charge in [0.05, 0.1) is 17.9 Å². The van der Waals surface area contributed by atoms with Crippen molar-refractivity contribution in [1.29, 1.82) is 0 Å². The maximum atomic E-state index is 15.2. The van der Waals surface area contributed by atoms with Crippen LogP contribution in [0.5, 0.6) is 0 Å². The average molecular weight is 558 g/mol. The molecule has 2 fully saturated rings. The molecule has 0 spiro atoms. The summed E-state index contributed by atoms with van der Waals surface area (Å²) in [5.41, 5.74) is 0.529. The molecule has 2 aliphatic heterocycles.